The van der Waals surface area contributed by atoms with Crippen molar-refractivity contribution in [3.8, 4) is 0 Å². The van der Waals surface area contributed by atoms with E-state index in [4.69, 9.17) is 9.84 Å². The van der Waals surface area contributed by atoms with Crippen LogP contribution in [0.25, 0.3) is 0 Å². The maximum atomic E-state index is 8.76. The van der Waals surface area contributed by atoms with Crippen LogP contribution in [0.2, 0.25) is 0 Å². The Bertz CT molecular complexity index is 119. The Hall–Kier alpha value is 0.170. The Labute approximate surface area is 73.5 Å². The van der Waals surface area contributed by atoms with Crippen LogP contribution in [0.4, 0.5) is 0 Å². The first-order chi connectivity index (χ1) is 4.64. The molecule has 1 rings (SSSR count). The largest absolute Gasteiger partial charge is 0.394 e. The lowest BCUT2D eigenvalue weighted by molar-refractivity contribution is -0.110. The lowest BCUT2D eigenvalue weighted by Crippen LogP contribution is -2.51. The number of aliphatic hydroxyl groups is 1. The lowest BCUT2D eigenvalue weighted by atomic mass is 10.1. The first-order valence-corrected chi connectivity index (χ1v) is 3.63. The zero-order valence-electron chi connectivity index (χ0n) is 6.96. The van der Waals surface area contributed by atoms with Gasteiger partial charge in [0.2, 0.25) is 0 Å². The Morgan fingerprint density at radius 3 is 2.64 bits per heavy atom. The average Bonchev–Trinajstić information content (AvgIpc) is 1.86. The zero-order chi connectivity index (χ0) is 7.61. The minimum absolute atomic E-state index is 0. The lowest BCUT2D eigenvalue weighted by Gasteiger charge is -2.35. The summed E-state index contributed by atoms with van der Waals surface area (Å²) in [5.74, 6) is 0. The van der Waals surface area contributed by atoms with Gasteiger partial charge in [0.15, 0.2) is 0 Å². The van der Waals surface area contributed by atoms with Gasteiger partial charge < -0.3 is 15.2 Å². The predicted octanol–water partition coefficient (Wildman–Crippen LogP) is 0.168. The van der Waals surface area contributed by atoms with Gasteiger partial charge in [-0.2, -0.15) is 0 Å². The fraction of sp³-hybridized carbons (Fsp3) is 1.00. The highest BCUT2D eigenvalue weighted by atomic mass is 35.5. The second kappa shape index (κ2) is 4.26. The molecule has 1 saturated heterocycles. The summed E-state index contributed by atoms with van der Waals surface area (Å²) in [5, 5.41) is 11.9. The van der Waals surface area contributed by atoms with Gasteiger partial charge in [0.05, 0.1) is 18.3 Å². The van der Waals surface area contributed by atoms with Gasteiger partial charge in [-0.05, 0) is 13.8 Å². The van der Waals surface area contributed by atoms with Crippen molar-refractivity contribution >= 4 is 12.4 Å². The van der Waals surface area contributed by atoms with E-state index in [0.717, 1.165) is 13.1 Å². The molecule has 1 aliphatic rings. The molecule has 0 aliphatic carbocycles. The molecule has 68 valence electrons. The van der Waals surface area contributed by atoms with Crippen molar-refractivity contribution < 1.29 is 9.84 Å². The smallest absolute Gasteiger partial charge is 0.0937 e. The molecule has 0 aromatic rings. The molecule has 0 bridgehead atoms. The highest BCUT2D eigenvalue weighted by Gasteiger charge is 2.27. The van der Waals surface area contributed by atoms with Crippen molar-refractivity contribution in [2.24, 2.45) is 0 Å². The molecular weight excluding hydrogens is 166 g/mol. The molecule has 0 amide bonds. The topological polar surface area (TPSA) is 41.5 Å². The van der Waals surface area contributed by atoms with Gasteiger partial charge >= 0.3 is 0 Å². The molecule has 1 atom stereocenters. The summed E-state index contributed by atoms with van der Waals surface area (Å²) in [4.78, 5) is 0. The first kappa shape index (κ1) is 11.2. The van der Waals surface area contributed by atoms with E-state index < -0.39 is 0 Å². The van der Waals surface area contributed by atoms with Gasteiger partial charge in [0.25, 0.3) is 0 Å². The van der Waals surface area contributed by atoms with E-state index in [2.05, 4.69) is 5.32 Å². The van der Waals surface area contributed by atoms with E-state index in [1.54, 1.807) is 0 Å². The van der Waals surface area contributed by atoms with E-state index >= 15 is 0 Å². The van der Waals surface area contributed by atoms with E-state index in [-0.39, 0.29) is 30.7 Å². The third-order valence-electron chi connectivity index (χ3n) is 1.61. The molecule has 0 spiro atoms. The number of aliphatic hydroxyl groups excluding tert-OH is 1. The fourth-order valence-electron chi connectivity index (χ4n) is 1.17. The van der Waals surface area contributed by atoms with Gasteiger partial charge in [0, 0.05) is 13.1 Å². The number of halogens is 1. The third kappa shape index (κ3) is 3.38. The summed E-state index contributed by atoms with van der Waals surface area (Å²) in [6, 6.07) is 0. The van der Waals surface area contributed by atoms with Crippen molar-refractivity contribution in [3.63, 3.8) is 0 Å². The molecular formula is C7H16ClNO2. The molecule has 1 fully saturated rings. The number of nitrogens with one attached hydrogen (secondary N) is 1. The molecule has 3 nitrogen and oxygen atoms in total. The van der Waals surface area contributed by atoms with Crippen molar-refractivity contribution in [3.05, 3.63) is 0 Å². The zero-order valence-corrected chi connectivity index (χ0v) is 7.78. The normalized spacial score (nSPS) is 29.2. The molecule has 2 N–H and O–H groups in total. The van der Waals surface area contributed by atoms with Gasteiger partial charge in [-0.25, -0.2) is 0 Å². The van der Waals surface area contributed by atoms with Crippen molar-refractivity contribution in [2.45, 2.75) is 25.6 Å². The van der Waals surface area contributed by atoms with E-state index in [0.29, 0.717) is 0 Å². The summed E-state index contributed by atoms with van der Waals surface area (Å²) in [5.41, 5.74) is -0.119. The molecule has 1 aliphatic heterocycles. The standard InChI is InChI=1S/C7H15NO2.ClH/c1-7(2)5-8-3-6(4-9)10-7;/h6,8-9H,3-5H2,1-2H3;1H/t6-;/m0./s1. The molecule has 4 heteroatoms. The Morgan fingerprint density at radius 1 is 1.64 bits per heavy atom. The number of morpholine rings is 1. The Kier molecular flexibility index (Phi) is 4.32. The van der Waals surface area contributed by atoms with Crippen molar-refractivity contribution in [1.82, 2.24) is 5.32 Å². The summed E-state index contributed by atoms with van der Waals surface area (Å²) in [7, 11) is 0. The van der Waals surface area contributed by atoms with Gasteiger partial charge in [-0.15, -0.1) is 12.4 Å². The number of hydrogen-bond donors (Lipinski definition) is 2. The minimum atomic E-state index is -0.119. The highest BCUT2D eigenvalue weighted by molar-refractivity contribution is 5.85. The van der Waals surface area contributed by atoms with E-state index in [1.807, 2.05) is 13.8 Å². The van der Waals surface area contributed by atoms with Gasteiger partial charge in [-0.3, -0.25) is 0 Å². The van der Waals surface area contributed by atoms with Crippen LogP contribution < -0.4 is 5.32 Å². The van der Waals surface area contributed by atoms with E-state index in [9.17, 15) is 0 Å². The predicted molar refractivity (Wildman–Crippen MR) is 46.2 cm³/mol. The second-order valence-electron chi connectivity index (χ2n) is 3.31. The molecule has 0 saturated carbocycles. The van der Waals surface area contributed by atoms with Crippen LogP contribution in [0.5, 0.6) is 0 Å². The fourth-order valence-corrected chi connectivity index (χ4v) is 1.17. The van der Waals surface area contributed by atoms with Crippen molar-refractivity contribution in [2.75, 3.05) is 19.7 Å². The van der Waals surface area contributed by atoms with Crippen LogP contribution >= 0.6 is 12.4 Å². The van der Waals surface area contributed by atoms with Crippen LogP contribution in [0.3, 0.4) is 0 Å². The molecule has 0 unspecified atom stereocenters. The van der Waals surface area contributed by atoms with Crippen molar-refractivity contribution in [1.29, 1.82) is 0 Å². The molecule has 0 radical (unpaired) electrons. The van der Waals surface area contributed by atoms with Gasteiger partial charge in [0.1, 0.15) is 0 Å². The Morgan fingerprint density at radius 2 is 2.27 bits per heavy atom. The van der Waals surface area contributed by atoms with Crippen LogP contribution in [0, 0.1) is 0 Å². The van der Waals surface area contributed by atoms with E-state index in [1.165, 1.54) is 0 Å². The monoisotopic (exact) mass is 181 g/mol. The van der Waals surface area contributed by atoms with Crippen LogP contribution in [0.1, 0.15) is 13.8 Å². The van der Waals surface area contributed by atoms with Gasteiger partial charge in [-0.1, -0.05) is 0 Å². The quantitative estimate of drug-likeness (QED) is 0.606. The van der Waals surface area contributed by atoms with Crippen LogP contribution in [0.15, 0.2) is 0 Å². The molecule has 0 aromatic carbocycles. The van der Waals surface area contributed by atoms with Crippen LogP contribution in [-0.4, -0.2) is 36.5 Å². The number of rotatable bonds is 1. The number of hydrogen-bond acceptors (Lipinski definition) is 3. The highest BCUT2D eigenvalue weighted by Crippen LogP contribution is 2.14. The third-order valence-corrected chi connectivity index (χ3v) is 1.61. The average molecular weight is 182 g/mol. The summed E-state index contributed by atoms with van der Waals surface area (Å²) in [6.07, 6.45) is -0.0243. The summed E-state index contributed by atoms with van der Waals surface area (Å²) >= 11 is 0. The Balaban J connectivity index is 0.000001000. The molecule has 1 heterocycles. The number of ether oxygens (including phenoxy) is 1. The maximum Gasteiger partial charge on any atom is 0.0937 e. The summed E-state index contributed by atoms with van der Waals surface area (Å²) < 4.78 is 5.51. The second-order valence-corrected chi connectivity index (χ2v) is 3.31. The molecule has 11 heavy (non-hydrogen) atoms. The first-order valence-electron chi connectivity index (χ1n) is 3.63. The SMILES string of the molecule is CC1(C)CNC[C@@H](CO)O1.Cl. The maximum absolute atomic E-state index is 8.76. The minimum Gasteiger partial charge on any atom is -0.394 e. The molecule has 0 aromatic heterocycles. The van der Waals surface area contributed by atoms with Crippen LogP contribution in [-0.2, 0) is 4.74 Å². The summed E-state index contributed by atoms with van der Waals surface area (Å²) in [6.45, 7) is 5.77.